The molecule has 0 rings (SSSR count). The number of ether oxygens (including phenoxy) is 1. The summed E-state index contributed by atoms with van der Waals surface area (Å²) in [5.74, 6) is -1.35. The van der Waals surface area contributed by atoms with Crippen LogP contribution < -0.4 is 5.32 Å². The van der Waals surface area contributed by atoms with Crippen LogP contribution in [-0.2, 0) is 19.1 Å². The lowest BCUT2D eigenvalue weighted by molar-refractivity contribution is -0.147. The molecule has 1 atom stereocenters. The molecule has 0 aromatic rings. The highest BCUT2D eigenvalue weighted by atomic mass is 16.5. The van der Waals surface area contributed by atoms with Crippen molar-refractivity contribution < 1.29 is 24.2 Å². The van der Waals surface area contributed by atoms with E-state index in [1.165, 1.54) is 141 Å². The average molecular weight is 730 g/mol. The summed E-state index contributed by atoms with van der Waals surface area (Å²) < 4.78 is 5.89. The van der Waals surface area contributed by atoms with Crippen molar-refractivity contribution in [1.82, 2.24) is 5.32 Å². The zero-order valence-electron chi connectivity index (χ0n) is 34.2. The van der Waals surface area contributed by atoms with Gasteiger partial charge in [0.05, 0.1) is 0 Å². The third-order valence-electron chi connectivity index (χ3n) is 9.77. The van der Waals surface area contributed by atoms with Crippen molar-refractivity contribution in [3.05, 3.63) is 36.5 Å². The van der Waals surface area contributed by atoms with Gasteiger partial charge in [-0.25, -0.2) is 0 Å². The lowest BCUT2D eigenvalue weighted by Gasteiger charge is -2.14. The quantitative estimate of drug-likeness (QED) is 0.0372. The molecular weight excluding hydrogens is 647 g/mol. The van der Waals surface area contributed by atoms with Crippen molar-refractivity contribution in [2.24, 2.45) is 0 Å². The van der Waals surface area contributed by atoms with Gasteiger partial charge in [0.2, 0.25) is 5.91 Å². The van der Waals surface area contributed by atoms with Gasteiger partial charge < -0.3 is 15.2 Å². The first kappa shape index (κ1) is 49.6. The Hall–Kier alpha value is -2.37. The zero-order valence-corrected chi connectivity index (χ0v) is 34.2. The Morgan fingerprint density at radius 3 is 1.48 bits per heavy atom. The molecule has 0 saturated heterocycles. The number of hydrogen-bond acceptors (Lipinski definition) is 4. The van der Waals surface area contributed by atoms with Crippen molar-refractivity contribution in [3.8, 4) is 0 Å². The second kappa shape index (κ2) is 41.4. The number of carboxylic acid groups (broad SMARTS) is 1. The summed E-state index contributed by atoms with van der Waals surface area (Å²) in [5.41, 5.74) is 0. The predicted molar refractivity (Wildman–Crippen MR) is 222 cm³/mol. The molecule has 0 saturated carbocycles. The molecule has 302 valence electrons. The van der Waals surface area contributed by atoms with Crippen molar-refractivity contribution in [3.63, 3.8) is 0 Å². The van der Waals surface area contributed by atoms with Crippen LogP contribution in [0.25, 0.3) is 0 Å². The van der Waals surface area contributed by atoms with Gasteiger partial charge >= 0.3 is 11.9 Å². The maximum Gasteiger partial charge on any atom is 0.322 e. The normalized spacial score (nSPS) is 12.3. The first-order valence-electron chi connectivity index (χ1n) is 22.1. The standard InChI is InChI=1S/C46H83NO5/c1-3-5-7-9-11-13-14-15-16-17-18-19-20-21-22-23-24-25-26-27-29-31-37-41-46(51)52-43(38-34-30-28-12-10-8-6-4-2)39-35-32-33-36-40-44(48)47-42-45(49)50/h12,17-18,28,34,38,43H,3-11,13-16,19-27,29-33,35-37,39-42H2,1-2H3,(H,47,48)(H,49,50)/b18-17-,28-12-,38-34-. The lowest BCUT2D eigenvalue weighted by atomic mass is 10.0. The number of aliphatic carboxylic acids is 1. The summed E-state index contributed by atoms with van der Waals surface area (Å²) >= 11 is 0. The fraction of sp³-hybridized carbons (Fsp3) is 0.804. The molecule has 6 heteroatoms. The van der Waals surface area contributed by atoms with Gasteiger partial charge in [0.25, 0.3) is 0 Å². The highest BCUT2D eigenvalue weighted by Crippen LogP contribution is 2.16. The van der Waals surface area contributed by atoms with Gasteiger partial charge in [-0.3, -0.25) is 14.4 Å². The van der Waals surface area contributed by atoms with E-state index in [2.05, 4.69) is 49.5 Å². The minimum absolute atomic E-state index is 0.0983. The van der Waals surface area contributed by atoms with Crippen LogP contribution in [0.1, 0.15) is 226 Å². The summed E-state index contributed by atoms with van der Waals surface area (Å²) in [6.45, 7) is 4.17. The van der Waals surface area contributed by atoms with Gasteiger partial charge in [0.1, 0.15) is 12.6 Å². The van der Waals surface area contributed by atoms with Crippen molar-refractivity contribution >= 4 is 17.8 Å². The van der Waals surface area contributed by atoms with Crippen LogP contribution in [0.3, 0.4) is 0 Å². The second-order valence-electron chi connectivity index (χ2n) is 14.9. The van der Waals surface area contributed by atoms with Crippen LogP contribution in [0.5, 0.6) is 0 Å². The van der Waals surface area contributed by atoms with Gasteiger partial charge in [-0.15, -0.1) is 0 Å². The number of carboxylic acids is 1. The van der Waals surface area contributed by atoms with Gasteiger partial charge in [0.15, 0.2) is 0 Å². The van der Waals surface area contributed by atoms with Crippen LogP contribution in [0, 0.1) is 0 Å². The van der Waals surface area contributed by atoms with Gasteiger partial charge in [-0.1, -0.05) is 173 Å². The highest BCUT2D eigenvalue weighted by Gasteiger charge is 2.12. The summed E-state index contributed by atoms with van der Waals surface area (Å²) in [4.78, 5) is 34.9. The number of hydrogen-bond donors (Lipinski definition) is 2. The number of unbranched alkanes of at least 4 members (excludes halogenated alkanes) is 25. The molecule has 0 heterocycles. The van der Waals surface area contributed by atoms with E-state index >= 15 is 0 Å². The van der Waals surface area contributed by atoms with E-state index in [9.17, 15) is 14.4 Å². The number of rotatable bonds is 40. The van der Waals surface area contributed by atoms with Crippen LogP contribution in [0.4, 0.5) is 0 Å². The van der Waals surface area contributed by atoms with Crippen LogP contribution in [0.2, 0.25) is 0 Å². The molecule has 1 unspecified atom stereocenters. The number of carbonyl (C=O) groups excluding carboxylic acids is 2. The first-order chi connectivity index (χ1) is 25.5. The molecule has 0 aromatic carbocycles. The van der Waals surface area contributed by atoms with E-state index in [4.69, 9.17) is 9.84 Å². The summed E-state index contributed by atoms with van der Waals surface area (Å²) in [7, 11) is 0. The Morgan fingerprint density at radius 1 is 0.519 bits per heavy atom. The van der Waals surface area contributed by atoms with Gasteiger partial charge in [-0.05, 0) is 76.7 Å². The molecule has 0 fully saturated rings. The van der Waals surface area contributed by atoms with E-state index in [-0.39, 0.29) is 24.5 Å². The predicted octanol–water partition coefficient (Wildman–Crippen LogP) is 13.7. The number of nitrogens with one attached hydrogen (secondary N) is 1. The third-order valence-corrected chi connectivity index (χ3v) is 9.77. The number of amides is 1. The molecule has 0 aliphatic heterocycles. The molecule has 2 N–H and O–H groups in total. The largest absolute Gasteiger partial charge is 0.480 e. The fourth-order valence-electron chi connectivity index (χ4n) is 6.46. The minimum atomic E-state index is -1.03. The Bertz CT molecular complexity index is 895. The molecule has 0 radical (unpaired) electrons. The summed E-state index contributed by atoms with van der Waals surface area (Å²) in [6, 6.07) is 0. The SMILES string of the molecule is CCCCC/C=C\C/C=C\C(CCCCCCC(=O)NCC(=O)O)OC(=O)CCCCCCCCCCCCC/C=C\CCCCCCCCCC. The molecule has 0 bridgehead atoms. The number of esters is 1. The number of allylic oxidation sites excluding steroid dienone is 5. The molecule has 0 spiro atoms. The van der Waals surface area contributed by atoms with Crippen molar-refractivity contribution in [2.75, 3.05) is 6.54 Å². The Kier molecular flexibility index (Phi) is 39.5. The number of carbonyl (C=O) groups is 3. The molecule has 6 nitrogen and oxygen atoms in total. The van der Waals surface area contributed by atoms with E-state index in [1.54, 1.807) is 0 Å². The Morgan fingerprint density at radius 2 is 0.942 bits per heavy atom. The fourth-order valence-corrected chi connectivity index (χ4v) is 6.46. The minimum Gasteiger partial charge on any atom is -0.480 e. The molecule has 0 aromatic heterocycles. The van der Waals surface area contributed by atoms with Gasteiger partial charge in [-0.2, -0.15) is 0 Å². The third kappa shape index (κ3) is 40.4. The van der Waals surface area contributed by atoms with Gasteiger partial charge in [0, 0.05) is 12.8 Å². The van der Waals surface area contributed by atoms with E-state index in [1.807, 2.05) is 6.08 Å². The smallest absolute Gasteiger partial charge is 0.322 e. The lowest BCUT2D eigenvalue weighted by Crippen LogP contribution is -2.28. The second-order valence-corrected chi connectivity index (χ2v) is 14.9. The van der Waals surface area contributed by atoms with E-state index in [0.717, 1.165) is 57.8 Å². The van der Waals surface area contributed by atoms with E-state index in [0.29, 0.717) is 12.8 Å². The average Bonchev–Trinajstić information content (AvgIpc) is 3.13. The molecule has 0 aliphatic carbocycles. The molecular formula is C46H83NO5. The molecule has 1 amide bonds. The highest BCUT2D eigenvalue weighted by molar-refractivity contribution is 5.80. The van der Waals surface area contributed by atoms with Crippen LogP contribution in [-0.4, -0.2) is 35.6 Å². The Labute approximate surface area is 321 Å². The summed E-state index contributed by atoms with van der Waals surface area (Å²) in [6.07, 6.45) is 51.6. The molecule has 52 heavy (non-hydrogen) atoms. The zero-order chi connectivity index (χ0) is 38.0. The van der Waals surface area contributed by atoms with Crippen molar-refractivity contribution in [2.45, 2.75) is 232 Å². The van der Waals surface area contributed by atoms with E-state index < -0.39 is 5.97 Å². The first-order valence-corrected chi connectivity index (χ1v) is 22.1. The van der Waals surface area contributed by atoms with Crippen molar-refractivity contribution in [1.29, 1.82) is 0 Å². The van der Waals surface area contributed by atoms with Crippen LogP contribution >= 0.6 is 0 Å². The maximum absolute atomic E-state index is 12.7. The molecule has 0 aliphatic rings. The maximum atomic E-state index is 12.7. The summed E-state index contributed by atoms with van der Waals surface area (Å²) in [5, 5.41) is 11.1. The topological polar surface area (TPSA) is 92.7 Å². The van der Waals surface area contributed by atoms with Crippen LogP contribution in [0.15, 0.2) is 36.5 Å². The monoisotopic (exact) mass is 730 g/mol. The Balaban J connectivity index is 3.95.